The Morgan fingerprint density at radius 3 is 2.30 bits per heavy atom. The highest BCUT2D eigenvalue weighted by atomic mass is 16.6. The Hall–Kier alpha value is -3.02. The van der Waals surface area contributed by atoms with Crippen molar-refractivity contribution in [1.82, 2.24) is 0 Å². The Bertz CT molecular complexity index is 770. The second kappa shape index (κ2) is 9.62. The third-order valence-corrected chi connectivity index (χ3v) is 3.68. The molecule has 2 aromatic carbocycles. The number of amides is 1. The topological polar surface area (TPSA) is 73.9 Å². The average molecular weight is 371 g/mol. The molecule has 0 aliphatic carbocycles. The Morgan fingerprint density at radius 1 is 1.00 bits per heavy atom. The fourth-order valence-corrected chi connectivity index (χ4v) is 2.25. The van der Waals surface area contributed by atoms with Crippen LogP contribution < -0.4 is 14.8 Å². The van der Waals surface area contributed by atoms with Crippen molar-refractivity contribution in [1.29, 1.82) is 0 Å². The lowest BCUT2D eigenvalue weighted by Gasteiger charge is -2.15. The van der Waals surface area contributed by atoms with Crippen LogP contribution in [0, 0.1) is 5.92 Å². The van der Waals surface area contributed by atoms with Gasteiger partial charge in [-0.1, -0.05) is 26.0 Å². The first kappa shape index (κ1) is 20.3. The molecular formula is C21H25NO5. The summed E-state index contributed by atoms with van der Waals surface area (Å²) in [5, 5.41) is 2.80. The highest BCUT2D eigenvalue weighted by Gasteiger charge is 2.17. The number of hydrogen-bond acceptors (Lipinski definition) is 5. The largest absolute Gasteiger partial charge is 0.495 e. The van der Waals surface area contributed by atoms with Crippen LogP contribution in [0.3, 0.4) is 0 Å². The smallest absolute Gasteiger partial charge is 0.347 e. The maximum atomic E-state index is 12.4. The molecule has 0 aliphatic heterocycles. The minimum absolute atomic E-state index is 0.266. The quantitative estimate of drug-likeness (QED) is 0.712. The van der Waals surface area contributed by atoms with E-state index >= 15 is 0 Å². The number of hydrogen-bond donors (Lipinski definition) is 1. The first-order chi connectivity index (χ1) is 12.9. The van der Waals surface area contributed by atoms with Crippen LogP contribution >= 0.6 is 0 Å². The van der Waals surface area contributed by atoms with Crippen molar-refractivity contribution in [2.75, 3.05) is 19.0 Å². The van der Waals surface area contributed by atoms with Gasteiger partial charge >= 0.3 is 5.97 Å². The van der Waals surface area contributed by atoms with Crippen molar-refractivity contribution in [2.24, 2.45) is 5.92 Å². The summed E-state index contributed by atoms with van der Waals surface area (Å²) >= 11 is 0. The van der Waals surface area contributed by atoms with E-state index in [2.05, 4.69) is 5.32 Å². The molecular weight excluding hydrogens is 346 g/mol. The number of carbonyl (C=O) groups excluding carboxylic acids is 2. The fraction of sp³-hybridized carbons (Fsp3) is 0.333. The van der Waals surface area contributed by atoms with Crippen LogP contribution in [0.25, 0.3) is 0 Å². The molecule has 1 atom stereocenters. The molecule has 0 aromatic heterocycles. The number of anilines is 1. The van der Waals surface area contributed by atoms with Gasteiger partial charge in [0.05, 0.1) is 19.4 Å². The van der Waals surface area contributed by atoms with Crippen molar-refractivity contribution in [3.8, 4) is 11.5 Å². The lowest BCUT2D eigenvalue weighted by atomic mass is 10.2. The lowest BCUT2D eigenvalue weighted by molar-refractivity contribution is -0.152. The summed E-state index contributed by atoms with van der Waals surface area (Å²) in [6, 6.07) is 13.7. The molecule has 2 rings (SSSR count). The Kier molecular flexibility index (Phi) is 7.23. The van der Waals surface area contributed by atoms with E-state index in [1.165, 1.54) is 0 Å². The van der Waals surface area contributed by atoms with Gasteiger partial charge < -0.3 is 19.5 Å². The first-order valence-electron chi connectivity index (χ1n) is 8.78. The van der Waals surface area contributed by atoms with Gasteiger partial charge in [-0.15, -0.1) is 0 Å². The van der Waals surface area contributed by atoms with Gasteiger partial charge in [-0.05, 0) is 49.2 Å². The molecule has 0 radical (unpaired) electrons. The van der Waals surface area contributed by atoms with Crippen LogP contribution in [0.5, 0.6) is 11.5 Å². The van der Waals surface area contributed by atoms with E-state index < -0.39 is 12.1 Å². The summed E-state index contributed by atoms with van der Waals surface area (Å²) < 4.78 is 15.9. The van der Waals surface area contributed by atoms with Crippen molar-refractivity contribution in [3.05, 3.63) is 54.1 Å². The predicted octanol–water partition coefficient (Wildman–Crippen LogP) is 3.91. The number of esters is 1. The minimum Gasteiger partial charge on any atom is -0.495 e. The van der Waals surface area contributed by atoms with Crippen molar-refractivity contribution in [2.45, 2.75) is 26.9 Å². The zero-order valence-corrected chi connectivity index (χ0v) is 16.0. The van der Waals surface area contributed by atoms with Crippen LogP contribution in [0.1, 0.15) is 31.1 Å². The highest BCUT2D eigenvalue weighted by molar-refractivity contribution is 6.05. The SMILES string of the molecule is COc1ccccc1NC(=O)c1ccc(O[C@@H](C)C(=O)OCC(C)C)cc1. The van der Waals surface area contributed by atoms with Gasteiger partial charge in [0.1, 0.15) is 11.5 Å². The molecule has 0 unspecified atom stereocenters. The normalized spacial score (nSPS) is 11.6. The zero-order valence-electron chi connectivity index (χ0n) is 16.0. The molecule has 0 heterocycles. The molecule has 0 spiro atoms. The number of methoxy groups -OCH3 is 1. The third-order valence-electron chi connectivity index (χ3n) is 3.68. The number of nitrogens with one attached hydrogen (secondary N) is 1. The van der Waals surface area contributed by atoms with E-state index in [1.807, 2.05) is 26.0 Å². The average Bonchev–Trinajstić information content (AvgIpc) is 2.66. The zero-order chi connectivity index (χ0) is 19.8. The Balaban J connectivity index is 1.96. The van der Waals surface area contributed by atoms with E-state index in [-0.39, 0.29) is 11.8 Å². The summed E-state index contributed by atoms with van der Waals surface area (Å²) in [6.07, 6.45) is -0.725. The number of carbonyl (C=O) groups is 2. The number of benzene rings is 2. The van der Waals surface area contributed by atoms with Crippen LogP contribution in [0.2, 0.25) is 0 Å². The van der Waals surface area contributed by atoms with Crippen molar-refractivity contribution >= 4 is 17.6 Å². The van der Waals surface area contributed by atoms with Crippen LogP contribution in [-0.2, 0) is 9.53 Å². The molecule has 2 aromatic rings. The van der Waals surface area contributed by atoms with Crippen LogP contribution in [0.15, 0.2) is 48.5 Å². The summed E-state index contributed by atoms with van der Waals surface area (Å²) in [4.78, 5) is 24.3. The molecule has 0 fully saturated rings. The van der Waals surface area contributed by atoms with Crippen LogP contribution in [0.4, 0.5) is 5.69 Å². The molecule has 27 heavy (non-hydrogen) atoms. The minimum atomic E-state index is -0.725. The molecule has 0 bridgehead atoms. The molecule has 0 saturated heterocycles. The molecule has 0 saturated carbocycles. The second-order valence-electron chi connectivity index (χ2n) is 6.46. The number of para-hydroxylation sites is 2. The highest BCUT2D eigenvalue weighted by Crippen LogP contribution is 2.24. The van der Waals surface area contributed by atoms with Crippen LogP contribution in [-0.4, -0.2) is 31.7 Å². The number of rotatable bonds is 8. The Labute approximate surface area is 159 Å². The van der Waals surface area contributed by atoms with E-state index in [0.29, 0.717) is 29.4 Å². The number of ether oxygens (including phenoxy) is 3. The molecule has 6 heteroatoms. The van der Waals surface area contributed by atoms with Gasteiger partial charge in [0.25, 0.3) is 5.91 Å². The second-order valence-corrected chi connectivity index (χ2v) is 6.46. The standard InChI is InChI=1S/C21H25NO5/c1-14(2)13-26-21(24)15(3)27-17-11-9-16(10-12-17)20(23)22-18-7-5-6-8-19(18)25-4/h5-12,14-15H,13H2,1-4H3,(H,22,23)/t15-/m0/s1. The molecule has 1 N–H and O–H groups in total. The molecule has 1 amide bonds. The lowest BCUT2D eigenvalue weighted by Crippen LogP contribution is -2.27. The fourth-order valence-electron chi connectivity index (χ4n) is 2.25. The summed E-state index contributed by atoms with van der Waals surface area (Å²) in [5.74, 6) is 0.650. The molecule has 0 aliphatic rings. The van der Waals surface area contributed by atoms with Gasteiger partial charge in [-0.3, -0.25) is 4.79 Å². The van der Waals surface area contributed by atoms with Gasteiger partial charge in [-0.25, -0.2) is 4.79 Å². The van der Waals surface area contributed by atoms with Crippen molar-refractivity contribution in [3.63, 3.8) is 0 Å². The predicted molar refractivity (Wildman–Crippen MR) is 103 cm³/mol. The van der Waals surface area contributed by atoms with E-state index in [9.17, 15) is 9.59 Å². The van der Waals surface area contributed by atoms with Crippen molar-refractivity contribution < 1.29 is 23.8 Å². The molecule has 144 valence electrons. The maximum absolute atomic E-state index is 12.4. The van der Waals surface area contributed by atoms with Gasteiger partial charge in [0.2, 0.25) is 0 Å². The summed E-state index contributed by atoms with van der Waals surface area (Å²) in [5.41, 5.74) is 1.05. The Morgan fingerprint density at radius 2 is 1.67 bits per heavy atom. The first-order valence-corrected chi connectivity index (χ1v) is 8.78. The van der Waals surface area contributed by atoms with Gasteiger partial charge in [-0.2, -0.15) is 0 Å². The maximum Gasteiger partial charge on any atom is 0.347 e. The summed E-state index contributed by atoms with van der Waals surface area (Å²) in [7, 11) is 1.55. The molecule has 6 nitrogen and oxygen atoms in total. The monoisotopic (exact) mass is 371 g/mol. The third kappa shape index (κ3) is 6.02. The van der Waals surface area contributed by atoms with Gasteiger partial charge in [0.15, 0.2) is 6.10 Å². The van der Waals surface area contributed by atoms with E-state index in [1.54, 1.807) is 50.4 Å². The van der Waals surface area contributed by atoms with E-state index in [4.69, 9.17) is 14.2 Å². The van der Waals surface area contributed by atoms with E-state index in [0.717, 1.165) is 0 Å². The van der Waals surface area contributed by atoms with Gasteiger partial charge in [0, 0.05) is 5.56 Å². The summed E-state index contributed by atoms with van der Waals surface area (Å²) in [6.45, 7) is 5.92.